The Morgan fingerprint density at radius 1 is 1.24 bits per heavy atom. The van der Waals surface area contributed by atoms with Gasteiger partial charge in [-0.2, -0.15) is 0 Å². The number of rotatable bonds is 3. The van der Waals surface area contributed by atoms with E-state index in [-0.39, 0.29) is 11.4 Å². The van der Waals surface area contributed by atoms with Gasteiger partial charge in [-0.25, -0.2) is 0 Å². The number of likely N-dealkylation sites (tertiary alicyclic amines) is 2. The molecule has 1 aromatic rings. The lowest BCUT2D eigenvalue weighted by molar-refractivity contribution is -0.0806. The van der Waals surface area contributed by atoms with Gasteiger partial charge in [0.2, 0.25) is 0 Å². The van der Waals surface area contributed by atoms with Gasteiger partial charge in [-0.1, -0.05) is 17.7 Å². The Morgan fingerprint density at radius 3 is 2.80 bits per heavy atom. The van der Waals surface area contributed by atoms with E-state index in [0.29, 0.717) is 6.10 Å². The van der Waals surface area contributed by atoms with Crippen molar-refractivity contribution in [2.45, 2.75) is 57.6 Å². The fourth-order valence-electron chi connectivity index (χ4n) is 4.88. The van der Waals surface area contributed by atoms with E-state index in [4.69, 9.17) is 4.74 Å². The molecule has 0 radical (unpaired) electrons. The average Bonchev–Trinajstić information content (AvgIpc) is 3.12. The summed E-state index contributed by atoms with van der Waals surface area (Å²) in [7, 11) is 0. The van der Waals surface area contributed by atoms with Gasteiger partial charge in [0.25, 0.3) is 5.91 Å². The third kappa shape index (κ3) is 3.22. The molecule has 3 fully saturated rings. The minimum atomic E-state index is 0.207. The second-order valence-electron chi connectivity index (χ2n) is 8.20. The quantitative estimate of drug-likeness (QED) is 0.846. The van der Waals surface area contributed by atoms with Gasteiger partial charge in [-0.3, -0.25) is 9.69 Å². The Balaban J connectivity index is 1.46. The normalized spacial score (nSPS) is 29.8. The molecule has 4 rings (SSSR count). The summed E-state index contributed by atoms with van der Waals surface area (Å²) in [5, 5.41) is 0. The number of carbonyl (C=O) groups is 1. The van der Waals surface area contributed by atoms with Gasteiger partial charge in [0.15, 0.2) is 0 Å². The molecule has 3 aliphatic rings. The number of hydrogen-bond donors (Lipinski definition) is 0. The molecule has 136 valence electrons. The van der Waals surface area contributed by atoms with Crippen molar-refractivity contribution in [3.63, 3.8) is 0 Å². The molecule has 25 heavy (non-hydrogen) atoms. The largest absolute Gasteiger partial charge is 0.377 e. The molecule has 3 heterocycles. The van der Waals surface area contributed by atoms with Crippen LogP contribution >= 0.6 is 0 Å². The standard InChI is InChI=1S/C21H30N2O2/c1-16-6-7-19(17(2)13-16)20(24)22-10-4-8-21(15-22)9-11-23(21)14-18-5-3-12-25-18/h6-7,13,18H,3-5,8-12,14-15H2,1-2H3/t18-,21-/m1/s1. The van der Waals surface area contributed by atoms with Crippen molar-refractivity contribution in [1.82, 2.24) is 9.80 Å². The zero-order valence-electron chi connectivity index (χ0n) is 15.6. The summed E-state index contributed by atoms with van der Waals surface area (Å²) in [4.78, 5) is 17.8. The van der Waals surface area contributed by atoms with Crippen LogP contribution in [0, 0.1) is 13.8 Å². The van der Waals surface area contributed by atoms with Crippen LogP contribution in [0.4, 0.5) is 0 Å². The lowest BCUT2D eigenvalue weighted by atomic mass is 9.77. The number of nitrogens with zero attached hydrogens (tertiary/aromatic N) is 2. The van der Waals surface area contributed by atoms with E-state index >= 15 is 0 Å². The molecule has 3 aliphatic heterocycles. The summed E-state index contributed by atoms with van der Waals surface area (Å²) in [5.41, 5.74) is 3.38. The van der Waals surface area contributed by atoms with E-state index in [2.05, 4.69) is 22.8 Å². The first-order chi connectivity index (χ1) is 12.1. The second-order valence-corrected chi connectivity index (χ2v) is 8.20. The first-order valence-corrected chi connectivity index (χ1v) is 9.81. The van der Waals surface area contributed by atoms with Gasteiger partial charge in [0.05, 0.1) is 6.10 Å². The van der Waals surface area contributed by atoms with Crippen LogP contribution in [0.15, 0.2) is 18.2 Å². The molecule has 0 aliphatic carbocycles. The fraction of sp³-hybridized carbons (Fsp3) is 0.667. The zero-order chi connectivity index (χ0) is 17.4. The molecule has 0 bridgehead atoms. The Morgan fingerprint density at radius 2 is 2.12 bits per heavy atom. The van der Waals surface area contributed by atoms with E-state index in [9.17, 15) is 4.79 Å². The van der Waals surface area contributed by atoms with Crippen molar-refractivity contribution in [3.05, 3.63) is 34.9 Å². The Kier molecular flexibility index (Phi) is 4.59. The Hall–Kier alpha value is -1.39. The molecule has 0 aromatic heterocycles. The number of carbonyl (C=O) groups excluding carboxylic acids is 1. The molecular weight excluding hydrogens is 312 g/mol. The predicted molar refractivity (Wildman–Crippen MR) is 98.9 cm³/mol. The van der Waals surface area contributed by atoms with Crippen LogP contribution in [0.1, 0.15) is 53.6 Å². The van der Waals surface area contributed by atoms with Crippen LogP contribution in [-0.4, -0.2) is 60.1 Å². The lowest BCUT2D eigenvalue weighted by Gasteiger charge is -2.57. The van der Waals surface area contributed by atoms with Crippen LogP contribution in [0.2, 0.25) is 0 Å². The second kappa shape index (κ2) is 6.73. The van der Waals surface area contributed by atoms with Gasteiger partial charge < -0.3 is 9.64 Å². The highest BCUT2D eigenvalue weighted by atomic mass is 16.5. The summed E-state index contributed by atoms with van der Waals surface area (Å²) in [5.74, 6) is 0.209. The molecule has 1 aromatic carbocycles. The highest BCUT2D eigenvalue weighted by molar-refractivity contribution is 5.95. The molecule has 0 unspecified atom stereocenters. The van der Waals surface area contributed by atoms with E-state index in [1.54, 1.807) is 0 Å². The summed E-state index contributed by atoms with van der Waals surface area (Å²) >= 11 is 0. The van der Waals surface area contributed by atoms with Gasteiger partial charge in [0, 0.05) is 43.9 Å². The zero-order valence-corrected chi connectivity index (χ0v) is 15.6. The Bertz CT molecular complexity index is 653. The van der Waals surface area contributed by atoms with E-state index in [1.165, 1.54) is 31.2 Å². The van der Waals surface area contributed by atoms with Gasteiger partial charge in [-0.05, 0) is 57.6 Å². The minimum absolute atomic E-state index is 0.207. The van der Waals surface area contributed by atoms with Crippen LogP contribution in [0.3, 0.4) is 0 Å². The van der Waals surface area contributed by atoms with Crippen molar-refractivity contribution < 1.29 is 9.53 Å². The maximum absolute atomic E-state index is 13.1. The molecule has 0 N–H and O–H groups in total. The predicted octanol–water partition coefficient (Wildman–Crippen LogP) is 3.16. The van der Waals surface area contributed by atoms with E-state index in [0.717, 1.165) is 50.3 Å². The highest BCUT2D eigenvalue weighted by Gasteiger charge is 2.48. The van der Waals surface area contributed by atoms with Crippen molar-refractivity contribution in [1.29, 1.82) is 0 Å². The van der Waals surface area contributed by atoms with Crippen LogP contribution in [0.5, 0.6) is 0 Å². The maximum Gasteiger partial charge on any atom is 0.254 e. The number of benzene rings is 1. The van der Waals surface area contributed by atoms with E-state index < -0.39 is 0 Å². The molecule has 1 amide bonds. The van der Waals surface area contributed by atoms with Crippen LogP contribution in [-0.2, 0) is 4.74 Å². The van der Waals surface area contributed by atoms with Gasteiger partial charge >= 0.3 is 0 Å². The smallest absolute Gasteiger partial charge is 0.254 e. The minimum Gasteiger partial charge on any atom is -0.377 e. The first kappa shape index (κ1) is 17.0. The van der Waals surface area contributed by atoms with Crippen LogP contribution < -0.4 is 0 Å². The number of piperidine rings is 1. The first-order valence-electron chi connectivity index (χ1n) is 9.81. The maximum atomic E-state index is 13.1. The van der Waals surface area contributed by atoms with Gasteiger partial charge in [-0.15, -0.1) is 0 Å². The molecule has 2 atom stereocenters. The van der Waals surface area contributed by atoms with Crippen LogP contribution in [0.25, 0.3) is 0 Å². The molecule has 3 saturated heterocycles. The third-order valence-electron chi connectivity index (χ3n) is 6.42. The van der Waals surface area contributed by atoms with Crippen molar-refractivity contribution >= 4 is 5.91 Å². The van der Waals surface area contributed by atoms with Crippen molar-refractivity contribution in [3.8, 4) is 0 Å². The van der Waals surface area contributed by atoms with Gasteiger partial charge in [0.1, 0.15) is 0 Å². The number of hydrogen-bond acceptors (Lipinski definition) is 3. The SMILES string of the molecule is Cc1ccc(C(=O)N2CCC[C@@]3(CCN3C[C@H]3CCCO3)C2)c(C)c1. The highest BCUT2D eigenvalue weighted by Crippen LogP contribution is 2.39. The number of ether oxygens (including phenoxy) is 1. The Labute approximate surface area is 151 Å². The molecule has 1 spiro atoms. The topological polar surface area (TPSA) is 32.8 Å². The lowest BCUT2D eigenvalue weighted by Crippen LogP contribution is -2.68. The van der Waals surface area contributed by atoms with Crippen molar-refractivity contribution in [2.24, 2.45) is 0 Å². The van der Waals surface area contributed by atoms with E-state index in [1.807, 2.05) is 19.1 Å². The molecule has 0 saturated carbocycles. The summed E-state index contributed by atoms with van der Waals surface area (Å²) in [6.45, 7) is 9.02. The third-order valence-corrected chi connectivity index (χ3v) is 6.42. The summed E-state index contributed by atoms with van der Waals surface area (Å²) in [6, 6.07) is 6.16. The average molecular weight is 342 g/mol. The monoisotopic (exact) mass is 342 g/mol. The summed E-state index contributed by atoms with van der Waals surface area (Å²) in [6.07, 6.45) is 6.34. The fourth-order valence-corrected chi connectivity index (χ4v) is 4.88. The summed E-state index contributed by atoms with van der Waals surface area (Å²) < 4.78 is 5.84. The van der Waals surface area contributed by atoms with Crippen molar-refractivity contribution in [2.75, 3.05) is 32.8 Å². The molecule has 4 heteroatoms. The molecular formula is C21H30N2O2. The molecule has 4 nitrogen and oxygen atoms in total. The number of aryl methyl sites for hydroxylation is 2. The number of amides is 1.